The number of amides is 1. The summed E-state index contributed by atoms with van der Waals surface area (Å²) in [5.74, 6) is -0.369. The Kier molecular flexibility index (Phi) is 6.15. The predicted molar refractivity (Wildman–Crippen MR) is 102 cm³/mol. The average Bonchev–Trinajstić information content (AvgIpc) is 2.72. The van der Waals surface area contributed by atoms with E-state index in [2.05, 4.69) is 4.98 Å². The Labute approximate surface area is 158 Å². The van der Waals surface area contributed by atoms with E-state index in [0.29, 0.717) is 25.3 Å². The van der Waals surface area contributed by atoms with Crippen LogP contribution in [0.5, 0.6) is 5.75 Å². The molecule has 0 saturated carbocycles. The molecule has 0 aliphatic heterocycles. The zero-order chi connectivity index (χ0) is 19.1. The topological polar surface area (TPSA) is 42.4 Å². The third kappa shape index (κ3) is 4.91. The number of pyridine rings is 1. The van der Waals surface area contributed by atoms with Gasteiger partial charge in [-0.25, -0.2) is 4.39 Å². The Morgan fingerprint density at radius 1 is 1.04 bits per heavy atom. The van der Waals surface area contributed by atoms with Crippen molar-refractivity contribution >= 4 is 5.91 Å². The number of hydrogen-bond donors (Lipinski definition) is 0. The van der Waals surface area contributed by atoms with Crippen LogP contribution in [-0.4, -0.2) is 29.4 Å². The van der Waals surface area contributed by atoms with Gasteiger partial charge >= 0.3 is 0 Å². The highest BCUT2D eigenvalue weighted by Crippen LogP contribution is 2.22. The Morgan fingerprint density at radius 3 is 2.48 bits per heavy atom. The highest BCUT2D eigenvalue weighted by molar-refractivity contribution is 5.97. The third-order valence-electron chi connectivity index (χ3n) is 4.32. The Balaban J connectivity index is 1.86. The summed E-state index contributed by atoms with van der Waals surface area (Å²) >= 11 is 0. The zero-order valence-corrected chi connectivity index (χ0v) is 15.1. The zero-order valence-electron chi connectivity index (χ0n) is 15.1. The van der Waals surface area contributed by atoms with Gasteiger partial charge in [0.2, 0.25) is 0 Å². The molecular weight excluding hydrogens is 343 g/mol. The van der Waals surface area contributed by atoms with Gasteiger partial charge in [0.15, 0.2) is 0 Å². The second-order valence-electron chi connectivity index (χ2n) is 6.16. The van der Waals surface area contributed by atoms with Crippen molar-refractivity contribution in [2.45, 2.75) is 13.0 Å². The molecule has 0 aliphatic rings. The Morgan fingerprint density at radius 2 is 1.78 bits per heavy atom. The van der Waals surface area contributed by atoms with Gasteiger partial charge in [-0.2, -0.15) is 0 Å². The monoisotopic (exact) mass is 364 g/mol. The smallest absolute Gasteiger partial charge is 0.258 e. The summed E-state index contributed by atoms with van der Waals surface area (Å²) in [7, 11) is 1.47. The van der Waals surface area contributed by atoms with E-state index < -0.39 is 5.82 Å². The van der Waals surface area contributed by atoms with E-state index in [4.69, 9.17) is 4.74 Å². The lowest BCUT2D eigenvalue weighted by Gasteiger charge is -2.24. The maximum absolute atomic E-state index is 13.8. The van der Waals surface area contributed by atoms with Crippen molar-refractivity contribution in [1.82, 2.24) is 9.88 Å². The van der Waals surface area contributed by atoms with Crippen LogP contribution in [0.3, 0.4) is 0 Å². The van der Waals surface area contributed by atoms with E-state index in [1.165, 1.54) is 25.3 Å². The number of benzene rings is 2. The number of aromatic nitrogens is 1. The van der Waals surface area contributed by atoms with Crippen molar-refractivity contribution in [2.24, 2.45) is 0 Å². The van der Waals surface area contributed by atoms with Gasteiger partial charge in [-0.3, -0.25) is 9.78 Å². The van der Waals surface area contributed by atoms with Crippen molar-refractivity contribution in [3.8, 4) is 5.75 Å². The standard InChI is InChI=1S/C22H21FN2O2/c1-27-21-8-7-19(23)15-20(21)22(26)25(16-18-9-12-24-13-10-18)14-11-17-5-3-2-4-6-17/h2-10,12-13,15H,11,14,16H2,1H3. The van der Waals surface area contributed by atoms with Crippen molar-refractivity contribution in [3.05, 3.63) is 95.6 Å². The fourth-order valence-electron chi connectivity index (χ4n) is 2.89. The van der Waals surface area contributed by atoms with E-state index in [0.717, 1.165) is 11.1 Å². The molecule has 4 nitrogen and oxygen atoms in total. The third-order valence-corrected chi connectivity index (χ3v) is 4.32. The fraction of sp³-hybridized carbons (Fsp3) is 0.182. The SMILES string of the molecule is COc1ccc(F)cc1C(=O)N(CCc1ccccc1)Cc1ccncc1. The summed E-state index contributed by atoms with van der Waals surface area (Å²) in [5, 5.41) is 0. The molecule has 0 spiro atoms. The van der Waals surface area contributed by atoms with E-state index in [1.807, 2.05) is 42.5 Å². The van der Waals surface area contributed by atoms with Crippen molar-refractivity contribution in [2.75, 3.05) is 13.7 Å². The number of ether oxygens (including phenoxy) is 1. The predicted octanol–water partition coefficient (Wildman–Crippen LogP) is 4.11. The molecule has 3 rings (SSSR count). The lowest BCUT2D eigenvalue weighted by Crippen LogP contribution is -2.33. The molecule has 0 radical (unpaired) electrons. The lowest BCUT2D eigenvalue weighted by molar-refractivity contribution is 0.0741. The first kappa shape index (κ1) is 18.6. The first-order valence-corrected chi connectivity index (χ1v) is 8.73. The van der Waals surface area contributed by atoms with Crippen LogP contribution in [-0.2, 0) is 13.0 Å². The summed E-state index contributed by atoms with van der Waals surface area (Å²) in [6.45, 7) is 0.915. The van der Waals surface area contributed by atoms with Crippen LogP contribution in [0.25, 0.3) is 0 Å². The summed E-state index contributed by atoms with van der Waals surface area (Å²) in [6.07, 6.45) is 4.09. The second-order valence-corrected chi connectivity index (χ2v) is 6.16. The van der Waals surface area contributed by atoms with E-state index in [1.54, 1.807) is 17.3 Å². The van der Waals surface area contributed by atoms with Crippen LogP contribution < -0.4 is 4.74 Å². The molecule has 1 amide bonds. The normalized spacial score (nSPS) is 10.4. The minimum absolute atomic E-state index is 0.222. The number of hydrogen-bond acceptors (Lipinski definition) is 3. The number of rotatable bonds is 7. The first-order valence-electron chi connectivity index (χ1n) is 8.73. The minimum atomic E-state index is -0.467. The molecule has 138 valence electrons. The van der Waals surface area contributed by atoms with Gasteiger partial charge in [0.1, 0.15) is 11.6 Å². The van der Waals surface area contributed by atoms with Crippen LogP contribution in [0.4, 0.5) is 4.39 Å². The Bertz CT molecular complexity index is 885. The molecular formula is C22H21FN2O2. The first-order chi connectivity index (χ1) is 13.2. The van der Waals surface area contributed by atoms with Crippen molar-refractivity contribution in [3.63, 3.8) is 0 Å². The molecule has 5 heteroatoms. The molecule has 1 heterocycles. The number of carbonyl (C=O) groups is 1. The molecule has 0 saturated heterocycles. The summed E-state index contributed by atoms with van der Waals surface area (Å²) < 4.78 is 19.0. The van der Waals surface area contributed by atoms with Crippen LogP contribution in [0.15, 0.2) is 73.1 Å². The maximum Gasteiger partial charge on any atom is 0.258 e. The molecule has 3 aromatic rings. The average molecular weight is 364 g/mol. The largest absolute Gasteiger partial charge is 0.496 e. The number of nitrogens with zero attached hydrogens (tertiary/aromatic N) is 2. The van der Waals surface area contributed by atoms with Crippen molar-refractivity contribution < 1.29 is 13.9 Å². The number of carbonyl (C=O) groups excluding carboxylic acids is 1. The Hall–Kier alpha value is -3.21. The van der Waals surface area contributed by atoms with E-state index in [9.17, 15) is 9.18 Å². The molecule has 0 bridgehead atoms. The molecule has 1 aromatic heterocycles. The second kappa shape index (κ2) is 8.94. The molecule has 0 N–H and O–H groups in total. The van der Waals surface area contributed by atoms with E-state index >= 15 is 0 Å². The fourth-order valence-corrected chi connectivity index (χ4v) is 2.89. The van der Waals surface area contributed by atoms with Crippen LogP contribution in [0, 0.1) is 5.82 Å². The van der Waals surface area contributed by atoms with Gasteiger partial charge in [0, 0.05) is 25.5 Å². The quantitative estimate of drug-likeness (QED) is 0.633. The minimum Gasteiger partial charge on any atom is -0.496 e. The van der Waals surface area contributed by atoms with Gasteiger partial charge in [-0.05, 0) is 47.9 Å². The number of halogens is 1. The van der Waals surface area contributed by atoms with Crippen LogP contribution >= 0.6 is 0 Å². The molecule has 0 aliphatic carbocycles. The molecule has 0 fully saturated rings. The van der Waals surface area contributed by atoms with Gasteiger partial charge in [-0.1, -0.05) is 30.3 Å². The van der Waals surface area contributed by atoms with Gasteiger partial charge in [0.25, 0.3) is 5.91 Å². The molecule has 0 atom stereocenters. The van der Waals surface area contributed by atoms with Gasteiger partial charge in [0.05, 0.1) is 12.7 Å². The molecule has 2 aromatic carbocycles. The van der Waals surface area contributed by atoms with Crippen LogP contribution in [0.2, 0.25) is 0 Å². The number of methoxy groups -OCH3 is 1. The summed E-state index contributed by atoms with van der Waals surface area (Å²) in [4.78, 5) is 18.9. The lowest BCUT2D eigenvalue weighted by atomic mass is 10.1. The molecule has 0 unspecified atom stereocenters. The highest BCUT2D eigenvalue weighted by atomic mass is 19.1. The van der Waals surface area contributed by atoms with Crippen LogP contribution in [0.1, 0.15) is 21.5 Å². The highest BCUT2D eigenvalue weighted by Gasteiger charge is 2.20. The summed E-state index contributed by atoms with van der Waals surface area (Å²) in [5.41, 5.74) is 2.32. The van der Waals surface area contributed by atoms with Gasteiger partial charge in [-0.15, -0.1) is 0 Å². The van der Waals surface area contributed by atoms with Crippen molar-refractivity contribution in [1.29, 1.82) is 0 Å². The van der Waals surface area contributed by atoms with E-state index in [-0.39, 0.29) is 11.5 Å². The maximum atomic E-state index is 13.8. The molecule has 27 heavy (non-hydrogen) atoms. The van der Waals surface area contributed by atoms with Gasteiger partial charge < -0.3 is 9.64 Å². The summed E-state index contributed by atoms with van der Waals surface area (Å²) in [6, 6.07) is 17.7.